The summed E-state index contributed by atoms with van der Waals surface area (Å²) in [4.78, 5) is 8.44. The second-order valence-corrected chi connectivity index (χ2v) is 4.43. The quantitative estimate of drug-likeness (QED) is 0.633. The van der Waals surface area contributed by atoms with Crippen LogP contribution < -0.4 is 0 Å². The molecule has 2 aromatic heterocycles. The van der Waals surface area contributed by atoms with Gasteiger partial charge in [0.1, 0.15) is 0 Å². The molecule has 0 aliphatic rings. The summed E-state index contributed by atoms with van der Waals surface area (Å²) < 4.78 is 2.91. The third kappa shape index (κ3) is 1.33. The van der Waals surface area contributed by atoms with Crippen LogP contribution in [0, 0.1) is 0 Å². The van der Waals surface area contributed by atoms with E-state index in [9.17, 15) is 0 Å². The highest BCUT2D eigenvalue weighted by Gasteiger charge is 2.06. The molecule has 0 N–H and O–H groups in total. The zero-order valence-corrected chi connectivity index (χ0v) is 9.83. The Balaban J connectivity index is 2.60. The van der Waals surface area contributed by atoms with Crippen LogP contribution in [0.2, 0.25) is 5.15 Å². The maximum atomic E-state index is 6.02. The molecule has 3 nitrogen and oxygen atoms in total. The molecule has 0 amide bonds. The van der Waals surface area contributed by atoms with Gasteiger partial charge in [-0.25, -0.2) is 9.97 Å². The molecule has 0 aliphatic heterocycles. The molecule has 1 aromatic carbocycles. The molecule has 0 spiro atoms. The lowest BCUT2D eigenvalue weighted by Gasteiger charge is -2.03. The first-order valence-corrected chi connectivity index (χ1v) is 5.50. The van der Waals surface area contributed by atoms with Crippen molar-refractivity contribution in [2.24, 2.45) is 0 Å². The van der Waals surface area contributed by atoms with Crippen molar-refractivity contribution in [3.63, 3.8) is 0 Å². The van der Waals surface area contributed by atoms with E-state index < -0.39 is 0 Å². The van der Waals surface area contributed by atoms with E-state index in [4.69, 9.17) is 11.6 Å². The van der Waals surface area contributed by atoms with E-state index in [0.717, 1.165) is 15.5 Å². The average Bonchev–Trinajstić information content (AvgIpc) is 2.66. The van der Waals surface area contributed by atoms with E-state index in [1.165, 1.54) is 0 Å². The molecule has 0 fully saturated rings. The Morgan fingerprint density at radius 1 is 1.33 bits per heavy atom. The summed E-state index contributed by atoms with van der Waals surface area (Å²) in [5.74, 6) is 0. The molecule has 0 aliphatic carbocycles. The fourth-order valence-corrected chi connectivity index (χ4v) is 2.18. The second kappa shape index (κ2) is 3.18. The summed E-state index contributed by atoms with van der Waals surface area (Å²) >= 11 is 9.42. The van der Waals surface area contributed by atoms with Crippen molar-refractivity contribution >= 4 is 44.2 Å². The van der Waals surface area contributed by atoms with E-state index >= 15 is 0 Å². The van der Waals surface area contributed by atoms with Gasteiger partial charge in [-0.05, 0) is 18.2 Å². The molecule has 0 radical (unpaired) electrons. The fraction of sp³-hybridized carbons (Fsp3) is 0. The predicted octanol–water partition coefficient (Wildman–Crippen LogP) is 3.30. The van der Waals surface area contributed by atoms with Crippen molar-refractivity contribution in [3.8, 4) is 0 Å². The standard InChI is InChI=1S/C10H5BrClN3/c11-6-1-2-8-7(5-6)14-9(12)10-13-3-4-15(8)10/h1-5H. The Labute approximate surface area is 98.8 Å². The first-order valence-electron chi connectivity index (χ1n) is 4.33. The number of rotatable bonds is 0. The highest BCUT2D eigenvalue weighted by Crippen LogP contribution is 2.23. The van der Waals surface area contributed by atoms with Crippen LogP contribution in [0.15, 0.2) is 35.1 Å². The summed E-state index contributed by atoms with van der Waals surface area (Å²) in [6, 6.07) is 5.88. The topological polar surface area (TPSA) is 30.2 Å². The van der Waals surface area contributed by atoms with Gasteiger partial charge in [0, 0.05) is 16.9 Å². The van der Waals surface area contributed by atoms with Crippen LogP contribution in [-0.4, -0.2) is 14.4 Å². The molecule has 3 aromatic rings. The Morgan fingerprint density at radius 2 is 2.20 bits per heavy atom. The van der Waals surface area contributed by atoms with Crippen molar-refractivity contribution in [1.82, 2.24) is 14.4 Å². The minimum atomic E-state index is 0.422. The highest BCUT2D eigenvalue weighted by atomic mass is 79.9. The van der Waals surface area contributed by atoms with Gasteiger partial charge in [0.25, 0.3) is 0 Å². The number of aromatic nitrogens is 3. The average molecular weight is 283 g/mol. The maximum absolute atomic E-state index is 6.02. The summed E-state index contributed by atoms with van der Waals surface area (Å²) in [5.41, 5.74) is 2.53. The molecular formula is C10H5BrClN3. The van der Waals surface area contributed by atoms with Gasteiger partial charge in [0.2, 0.25) is 0 Å². The summed E-state index contributed by atoms with van der Waals surface area (Å²) in [6.45, 7) is 0. The van der Waals surface area contributed by atoms with Gasteiger partial charge in [0.05, 0.1) is 11.0 Å². The number of nitrogens with zero attached hydrogens (tertiary/aromatic N) is 3. The molecule has 0 saturated heterocycles. The summed E-state index contributed by atoms with van der Waals surface area (Å²) in [5, 5.41) is 0.422. The van der Waals surface area contributed by atoms with Crippen LogP contribution in [0.25, 0.3) is 16.7 Å². The van der Waals surface area contributed by atoms with Crippen LogP contribution >= 0.6 is 27.5 Å². The third-order valence-corrected chi connectivity index (χ3v) is 2.99. The first-order chi connectivity index (χ1) is 7.25. The highest BCUT2D eigenvalue weighted by molar-refractivity contribution is 9.10. The molecule has 5 heteroatoms. The van der Waals surface area contributed by atoms with Crippen molar-refractivity contribution in [2.45, 2.75) is 0 Å². The van der Waals surface area contributed by atoms with Gasteiger partial charge in [-0.2, -0.15) is 0 Å². The molecule has 0 bridgehead atoms. The third-order valence-electron chi connectivity index (χ3n) is 2.24. The van der Waals surface area contributed by atoms with Crippen molar-refractivity contribution in [2.75, 3.05) is 0 Å². The van der Waals surface area contributed by atoms with Gasteiger partial charge in [-0.1, -0.05) is 27.5 Å². The van der Waals surface area contributed by atoms with E-state index in [-0.39, 0.29) is 0 Å². The van der Waals surface area contributed by atoms with Crippen LogP contribution in [-0.2, 0) is 0 Å². The van der Waals surface area contributed by atoms with Gasteiger partial charge in [-0.15, -0.1) is 0 Å². The maximum Gasteiger partial charge on any atom is 0.175 e. The number of imidazole rings is 1. The van der Waals surface area contributed by atoms with Crippen LogP contribution in [0.4, 0.5) is 0 Å². The van der Waals surface area contributed by atoms with Crippen LogP contribution in [0.3, 0.4) is 0 Å². The Morgan fingerprint density at radius 3 is 3.07 bits per heavy atom. The summed E-state index contributed by atoms with van der Waals surface area (Å²) in [7, 11) is 0. The number of benzene rings is 1. The van der Waals surface area contributed by atoms with Gasteiger partial charge in [0.15, 0.2) is 10.8 Å². The zero-order chi connectivity index (χ0) is 10.4. The summed E-state index contributed by atoms with van der Waals surface area (Å²) in [6.07, 6.45) is 3.59. The van der Waals surface area contributed by atoms with Crippen LogP contribution in [0.1, 0.15) is 0 Å². The predicted molar refractivity (Wildman–Crippen MR) is 63.2 cm³/mol. The number of fused-ring (bicyclic) bond motifs is 3. The second-order valence-electron chi connectivity index (χ2n) is 3.16. The number of halogens is 2. The van der Waals surface area contributed by atoms with E-state index in [1.807, 2.05) is 28.8 Å². The van der Waals surface area contributed by atoms with Gasteiger partial charge >= 0.3 is 0 Å². The lowest BCUT2D eigenvalue weighted by atomic mass is 10.3. The minimum Gasteiger partial charge on any atom is -0.296 e. The van der Waals surface area contributed by atoms with Gasteiger partial charge in [-0.3, -0.25) is 4.40 Å². The van der Waals surface area contributed by atoms with E-state index in [0.29, 0.717) is 10.8 Å². The van der Waals surface area contributed by atoms with Crippen molar-refractivity contribution in [1.29, 1.82) is 0 Å². The monoisotopic (exact) mass is 281 g/mol. The number of hydrogen-bond donors (Lipinski definition) is 0. The molecule has 2 heterocycles. The van der Waals surface area contributed by atoms with E-state index in [2.05, 4.69) is 25.9 Å². The minimum absolute atomic E-state index is 0.422. The van der Waals surface area contributed by atoms with Crippen molar-refractivity contribution in [3.05, 3.63) is 40.2 Å². The lowest BCUT2D eigenvalue weighted by Crippen LogP contribution is -1.91. The van der Waals surface area contributed by atoms with E-state index in [1.54, 1.807) is 6.20 Å². The molecule has 0 atom stereocenters. The Hall–Kier alpha value is -1.13. The molecule has 3 rings (SSSR count). The van der Waals surface area contributed by atoms with Crippen molar-refractivity contribution < 1.29 is 0 Å². The van der Waals surface area contributed by atoms with Gasteiger partial charge < -0.3 is 0 Å². The molecule has 0 saturated carbocycles. The molecular weight excluding hydrogens is 277 g/mol. The molecule has 74 valence electrons. The normalized spacial score (nSPS) is 11.3. The smallest absolute Gasteiger partial charge is 0.175 e. The largest absolute Gasteiger partial charge is 0.296 e. The fourth-order valence-electron chi connectivity index (χ4n) is 1.60. The zero-order valence-electron chi connectivity index (χ0n) is 7.48. The lowest BCUT2D eigenvalue weighted by molar-refractivity contribution is 1.21. The van der Waals surface area contributed by atoms with Crippen LogP contribution in [0.5, 0.6) is 0 Å². The molecule has 15 heavy (non-hydrogen) atoms. The SMILES string of the molecule is Clc1nc2cc(Br)ccc2n2ccnc12. The Kier molecular flexibility index (Phi) is 1.94. The first kappa shape index (κ1) is 9.12. The molecule has 0 unspecified atom stereocenters. The number of hydrogen-bond acceptors (Lipinski definition) is 2. The Bertz CT molecular complexity index is 662.